The van der Waals surface area contributed by atoms with Crippen LogP contribution in [0.25, 0.3) is 0 Å². The van der Waals surface area contributed by atoms with E-state index < -0.39 is 31.8 Å². The van der Waals surface area contributed by atoms with E-state index in [0.717, 1.165) is 0 Å². The van der Waals surface area contributed by atoms with E-state index in [1.165, 1.54) is 6.07 Å². The molecule has 2 rings (SSSR count). The molecule has 0 aliphatic carbocycles. The lowest BCUT2D eigenvalue weighted by Crippen LogP contribution is -2.53. The maximum Gasteiger partial charge on any atom is 0.547 e. The van der Waals surface area contributed by atoms with Crippen molar-refractivity contribution >= 4 is 25.0 Å². The summed E-state index contributed by atoms with van der Waals surface area (Å²) in [6, 6.07) is 4.91. The normalized spacial score (nSPS) is 15.5. The number of nitrogens with one attached hydrogen (secondary N) is 1. The second kappa shape index (κ2) is 10.1. The van der Waals surface area contributed by atoms with Crippen molar-refractivity contribution < 1.29 is 33.5 Å². The number of esters is 2. The van der Waals surface area contributed by atoms with Crippen molar-refractivity contribution in [2.24, 2.45) is 5.92 Å². The van der Waals surface area contributed by atoms with Gasteiger partial charge in [0.15, 0.2) is 0 Å². The molecule has 0 saturated carbocycles. The van der Waals surface area contributed by atoms with Gasteiger partial charge in [0.1, 0.15) is 11.3 Å². The van der Waals surface area contributed by atoms with Gasteiger partial charge in [0.05, 0.1) is 11.9 Å². The highest BCUT2D eigenvalue weighted by atomic mass is 16.7. The van der Waals surface area contributed by atoms with Crippen LogP contribution in [0.5, 0.6) is 5.75 Å². The van der Waals surface area contributed by atoms with E-state index in [2.05, 4.69) is 5.32 Å². The quantitative estimate of drug-likeness (QED) is 0.394. The van der Waals surface area contributed by atoms with Gasteiger partial charge in [-0.3, -0.25) is 9.59 Å². The number of para-hydroxylation sites is 1. The molecule has 0 fully saturated rings. The molecule has 1 amide bonds. The fourth-order valence-electron chi connectivity index (χ4n) is 2.98. The van der Waals surface area contributed by atoms with Gasteiger partial charge in [-0.1, -0.05) is 32.9 Å². The minimum atomic E-state index is -1.29. The van der Waals surface area contributed by atoms with Gasteiger partial charge in [0.2, 0.25) is 12.7 Å². The predicted molar refractivity (Wildman–Crippen MR) is 101 cm³/mol. The Balaban J connectivity index is 2.02. The first kappa shape index (κ1) is 21.8. The smallest absolute Gasteiger partial charge is 0.534 e. The van der Waals surface area contributed by atoms with E-state index >= 15 is 0 Å². The number of amides is 1. The van der Waals surface area contributed by atoms with Crippen LogP contribution in [0.3, 0.4) is 0 Å². The Morgan fingerprint density at radius 3 is 2.61 bits per heavy atom. The lowest BCUT2D eigenvalue weighted by molar-refractivity contribution is -0.157. The molecule has 9 heteroatoms. The summed E-state index contributed by atoms with van der Waals surface area (Å²) in [5.41, 5.74) is 0.783. The van der Waals surface area contributed by atoms with E-state index in [-0.39, 0.29) is 29.6 Å². The second-order valence-corrected chi connectivity index (χ2v) is 6.56. The third-order valence-electron chi connectivity index (χ3n) is 4.72. The predicted octanol–water partition coefficient (Wildman–Crippen LogP) is 1.63. The number of carbonyl (C=O) groups is 3. The minimum Gasteiger partial charge on any atom is -0.534 e. The Morgan fingerprint density at radius 2 is 1.96 bits per heavy atom. The summed E-state index contributed by atoms with van der Waals surface area (Å²) in [6.07, 6.45) is 1.90. The number of benzene rings is 1. The monoisotopic (exact) mass is 391 g/mol. The van der Waals surface area contributed by atoms with E-state index in [1.54, 1.807) is 19.1 Å². The van der Waals surface area contributed by atoms with Crippen LogP contribution < -0.4 is 9.97 Å². The summed E-state index contributed by atoms with van der Waals surface area (Å²) in [7, 11) is -1.29. The van der Waals surface area contributed by atoms with Crippen LogP contribution in [0.1, 0.15) is 56.0 Å². The maximum atomic E-state index is 12.4. The van der Waals surface area contributed by atoms with E-state index in [9.17, 15) is 19.4 Å². The third kappa shape index (κ3) is 5.25. The SMILES string of the molecule is CCC(=O)N[C@H]1Cc2cccc(C(=O)OCOC(=O)C(CC)CC)c2OB1O. The molecule has 1 atom stereocenters. The summed E-state index contributed by atoms with van der Waals surface area (Å²) in [6.45, 7) is 4.99. The van der Waals surface area contributed by atoms with Gasteiger partial charge in [-0.05, 0) is 30.9 Å². The van der Waals surface area contributed by atoms with Gasteiger partial charge in [0.25, 0.3) is 0 Å². The van der Waals surface area contributed by atoms with Crippen LogP contribution in [0.15, 0.2) is 18.2 Å². The molecular formula is C19H26BNO7. The standard InChI is InChI=1S/C19H26BNO7/c1-4-12(5-2)18(23)26-11-27-19(24)14-9-7-8-13-10-15(21-16(22)6-3)20(25)28-17(13)14/h7-9,12,15,25H,4-6,10-11H2,1-3H3,(H,21,22)/t15-/m0/s1. The van der Waals surface area contributed by atoms with Crippen molar-refractivity contribution in [3.63, 3.8) is 0 Å². The van der Waals surface area contributed by atoms with Crippen LogP contribution in [-0.2, 0) is 25.5 Å². The summed E-state index contributed by atoms with van der Waals surface area (Å²) >= 11 is 0. The van der Waals surface area contributed by atoms with Crippen LogP contribution in [0.2, 0.25) is 0 Å². The molecule has 2 N–H and O–H groups in total. The maximum absolute atomic E-state index is 12.4. The van der Waals surface area contributed by atoms with Crippen LogP contribution >= 0.6 is 0 Å². The highest BCUT2D eigenvalue weighted by molar-refractivity contribution is 6.47. The Hall–Kier alpha value is -2.55. The second-order valence-electron chi connectivity index (χ2n) is 6.56. The molecule has 1 heterocycles. The summed E-state index contributed by atoms with van der Waals surface area (Å²) < 4.78 is 15.5. The van der Waals surface area contributed by atoms with Gasteiger partial charge in [0, 0.05) is 6.42 Å². The first-order chi connectivity index (χ1) is 13.4. The van der Waals surface area contributed by atoms with E-state index in [1.807, 2.05) is 13.8 Å². The Morgan fingerprint density at radius 1 is 1.25 bits per heavy atom. The first-order valence-electron chi connectivity index (χ1n) is 9.50. The highest BCUT2D eigenvalue weighted by Crippen LogP contribution is 2.30. The lowest BCUT2D eigenvalue weighted by atomic mass is 9.72. The summed E-state index contributed by atoms with van der Waals surface area (Å²) in [5, 5.41) is 12.9. The molecule has 1 aliphatic rings. The molecule has 0 saturated heterocycles. The van der Waals surface area contributed by atoms with Gasteiger partial charge in [-0.2, -0.15) is 0 Å². The molecular weight excluding hydrogens is 365 g/mol. The highest BCUT2D eigenvalue weighted by Gasteiger charge is 2.37. The Bertz CT molecular complexity index is 720. The number of hydrogen-bond donors (Lipinski definition) is 2. The molecule has 152 valence electrons. The van der Waals surface area contributed by atoms with Gasteiger partial charge >= 0.3 is 19.1 Å². The van der Waals surface area contributed by atoms with Gasteiger partial charge in [-0.25, -0.2) is 4.79 Å². The van der Waals surface area contributed by atoms with Crippen molar-refractivity contribution in [3.8, 4) is 5.75 Å². The third-order valence-corrected chi connectivity index (χ3v) is 4.72. The molecule has 0 aromatic heterocycles. The van der Waals surface area contributed by atoms with Gasteiger partial charge < -0.3 is 24.5 Å². The number of carbonyl (C=O) groups excluding carboxylic acids is 3. The number of ether oxygens (including phenoxy) is 2. The van der Waals surface area contributed by atoms with Crippen LogP contribution in [-0.4, -0.2) is 42.7 Å². The molecule has 1 aromatic rings. The molecule has 0 unspecified atom stereocenters. The largest absolute Gasteiger partial charge is 0.547 e. The van der Waals surface area contributed by atoms with Crippen LogP contribution in [0.4, 0.5) is 0 Å². The lowest BCUT2D eigenvalue weighted by Gasteiger charge is -2.29. The Labute approximate surface area is 164 Å². The first-order valence-corrected chi connectivity index (χ1v) is 9.50. The minimum absolute atomic E-state index is 0.121. The molecule has 0 spiro atoms. The number of rotatable bonds is 8. The average Bonchev–Trinajstić information content (AvgIpc) is 2.68. The topological polar surface area (TPSA) is 111 Å². The van der Waals surface area contributed by atoms with Crippen molar-refractivity contribution in [2.75, 3.05) is 6.79 Å². The van der Waals surface area contributed by atoms with Crippen molar-refractivity contribution in [2.45, 2.75) is 52.4 Å². The summed E-state index contributed by atoms with van der Waals surface area (Å²) in [5.74, 6) is -1.96. The zero-order chi connectivity index (χ0) is 20.7. The fourth-order valence-corrected chi connectivity index (χ4v) is 2.98. The number of fused-ring (bicyclic) bond motifs is 1. The summed E-state index contributed by atoms with van der Waals surface area (Å²) in [4.78, 5) is 35.8. The van der Waals surface area contributed by atoms with Crippen molar-refractivity contribution in [1.29, 1.82) is 0 Å². The van der Waals surface area contributed by atoms with E-state index in [0.29, 0.717) is 24.8 Å². The molecule has 1 aliphatic heterocycles. The zero-order valence-corrected chi connectivity index (χ0v) is 16.4. The molecule has 28 heavy (non-hydrogen) atoms. The molecule has 8 nitrogen and oxygen atoms in total. The van der Waals surface area contributed by atoms with Crippen LogP contribution in [0, 0.1) is 5.92 Å². The zero-order valence-electron chi connectivity index (χ0n) is 16.4. The molecule has 0 radical (unpaired) electrons. The van der Waals surface area contributed by atoms with Crippen molar-refractivity contribution in [3.05, 3.63) is 29.3 Å². The molecule has 1 aromatic carbocycles. The van der Waals surface area contributed by atoms with E-state index in [4.69, 9.17) is 14.1 Å². The molecule has 0 bridgehead atoms. The average molecular weight is 391 g/mol. The fraction of sp³-hybridized carbons (Fsp3) is 0.526. The van der Waals surface area contributed by atoms with Crippen molar-refractivity contribution in [1.82, 2.24) is 5.32 Å². The van der Waals surface area contributed by atoms with Gasteiger partial charge in [-0.15, -0.1) is 0 Å². The number of hydrogen-bond acceptors (Lipinski definition) is 7. The Kier molecular flexibility index (Phi) is 7.86.